The molecule has 0 aliphatic heterocycles. The van der Waals surface area contributed by atoms with Gasteiger partial charge in [0.1, 0.15) is 12.4 Å². The fraction of sp³-hybridized carbons (Fsp3) is 0.417. The van der Waals surface area contributed by atoms with Crippen molar-refractivity contribution in [2.75, 3.05) is 6.61 Å². The molecule has 3 heteroatoms. The number of ether oxygens (including phenoxy) is 1. The molecule has 0 saturated heterocycles. The number of carbonyl (C=O) groups is 1. The molecule has 0 amide bonds. The highest BCUT2D eigenvalue weighted by Crippen LogP contribution is 2.14. The predicted octanol–water partition coefficient (Wildman–Crippen LogP) is 2.48. The molecule has 0 fully saturated rings. The highest BCUT2D eigenvalue weighted by Gasteiger charge is 2.15. The van der Waals surface area contributed by atoms with Gasteiger partial charge in [-0.2, -0.15) is 0 Å². The highest BCUT2D eigenvalue weighted by molar-refractivity contribution is 5.70. The molecular formula is C12H16O3. The van der Waals surface area contributed by atoms with Crippen LogP contribution in [0.25, 0.3) is 0 Å². The average Bonchev–Trinajstić information content (AvgIpc) is 2.18. The molecule has 1 aromatic carbocycles. The lowest BCUT2D eigenvalue weighted by Gasteiger charge is -2.11. The fourth-order valence-corrected chi connectivity index (χ4v) is 1.27. The molecule has 0 heterocycles. The van der Waals surface area contributed by atoms with E-state index in [4.69, 9.17) is 9.84 Å². The molecular weight excluding hydrogens is 192 g/mol. The molecule has 0 aliphatic carbocycles. The standard InChI is InChI=1S/C12H16O3/c1-3-10(12(13)14)8-15-11-6-4-5-9(2)7-11/h4-7,10H,3,8H2,1-2H3,(H,13,14). The molecule has 1 unspecified atom stereocenters. The van der Waals surface area contributed by atoms with E-state index in [2.05, 4.69) is 0 Å². The minimum Gasteiger partial charge on any atom is -0.493 e. The van der Waals surface area contributed by atoms with Crippen molar-refractivity contribution in [2.45, 2.75) is 20.3 Å². The Kier molecular flexibility index (Phi) is 4.16. The van der Waals surface area contributed by atoms with E-state index in [0.29, 0.717) is 6.42 Å². The second kappa shape index (κ2) is 5.39. The minimum atomic E-state index is -0.801. The summed E-state index contributed by atoms with van der Waals surface area (Å²) in [6.07, 6.45) is 0.584. The molecule has 1 atom stereocenters. The maximum absolute atomic E-state index is 10.7. The Bertz CT molecular complexity index is 333. The van der Waals surface area contributed by atoms with Gasteiger partial charge in [-0.25, -0.2) is 0 Å². The van der Waals surface area contributed by atoms with Gasteiger partial charge in [-0.1, -0.05) is 19.1 Å². The van der Waals surface area contributed by atoms with Crippen molar-refractivity contribution in [2.24, 2.45) is 5.92 Å². The van der Waals surface area contributed by atoms with Crippen LogP contribution in [-0.2, 0) is 4.79 Å². The lowest BCUT2D eigenvalue weighted by molar-refractivity contribution is -0.142. The number of rotatable bonds is 5. The predicted molar refractivity (Wildman–Crippen MR) is 58.1 cm³/mol. The zero-order valence-electron chi connectivity index (χ0n) is 9.06. The summed E-state index contributed by atoms with van der Waals surface area (Å²) in [6, 6.07) is 7.60. The van der Waals surface area contributed by atoms with Gasteiger partial charge < -0.3 is 9.84 Å². The van der Waals surface area contributed by atoms with Crippen LogP contribution in [-0.4, -0.2) is 17.7 Å². The first kappa shape index (κ1) is 11.6. The monoisotopic (exact) mass is 208 g/mol. The molecule has 1 aromatic rings. The molecule has 1 rings (SSSR count). The number of carboxylic acids is 1. The Balaban J connectivity index is 2.52. The maximum Gasteiger partial charge on any atom is 0.309 e. The van der Waals surface area contributed by atoms with E-state index in [-0.39, 0.29) is 6.61 Å². The number of benzene rings is 1. The first-order chi connectivity index (χ1) is 7.13. The van der Waals surface area contributed by atoms with Crippen LogP contribution in [0.2, 0.25) is 0 Å². The maximum atomic E-state index is 10.7. The summed E-state index contributed by atoms with van der Waals surface area (Å²) in [7, 11) is 0. The summed E-state index contributed by atoms with van der Waals surface area (Å²) in [5.41, 5.74) is 1.11. The fourth-order valence-electron chi connectivity index (χ4n) is 1.27. The zero-order valence-corrected chi connectivity index (χ0v) is 9.06. The lowest BCUT2D eigenvalue weighted by Crippen LogP contribution is -2.20. The molecule has 0 spiro atoms. The van der Waals surface area contributed by atoms with Crippen LogP contribution in [0.1, 0.15) is 18.9 Å². The topological polar surface area (TPSA) is 46.5 Å². The van der Waals surface area contributed by atoms with Gasteiger partial charge in [0, 0.05) is 0 Å². The second-order valence-electron chi connectivity index (χ2n) is 3.57. The van der Waals surface area contributed by atoms with Crippen molar-refractivity contribution in [1.82, 2.24) is 0 Å². The van der Waals surface area contributed by atoms with Crippen LogP contribution in [0.5, 0.6) is 5.75 Å². The first-order valence-corrected chi connectivity index (χ1v) is 5.05. The Morgan fingerprint density at radius 3 is 2.80 bits per heavy atom. The Hall–Kier alpha value is -1.51. The summed E-state index contributed by atoms with van der Waals surface area (Å²) in [4.78, 5) is 10.7. The van der Waals surface area contributed by atoms with Crippen LogP contribution >= 0.6 is 0 Å². The van der Waals surface area contributed by atoms with Crippen molar-refractivity contribution in [3.63, 3.8) is 0 Å². The number of aliphatic carboxylic acids is 1. The quantitative estimate of drug-likeness (QED) is 0.808. The smallest absolute Gasteiger partial charge is 0.309 e. The van der Waals surface area contributed by atoms with Crippen molar-refractivity contribution in [1.29, 1.82) is 0 Å². The van der Waals surface area contributed by atoms with Crippen molar-refractivity contribution >= 4 is 5.97 Å². The summed E-state index contributed by atoms with van der Waals surface area (Å²) in [5, 5.41) is 8.83. The van der Waals surface area contributed by atoms with Gasteiger partial charge in [0.2, 0.25) is 0 Å². The molecule has 0 saturated carbocycles. The van der Waals surface area contributed by atoms with E-state index in [1.807, 2.05) is 38.1 Å². The molecule has 0 aliphatic rings. The summed E-state index contributed by atoms with van der Waals surface area (Å²) < 4.78 is 5.42. The van der Waals surface area contributed by atoms with E-state index < -0.39 is 11.9 Å². The second-order valence-corrected chi connectivity index (χ2v) is 3.57. The number of hydrogen-bond donors (Lipinski definition) is 1. The SMILES string of the molecule is CCC(COc1cccc(C)c1)C(=O)O. The normalized spacial score (nSPS) is 12.1. The molecule has 0 bridgehead atoms. The van der Waals surface area contributed by atoms with Crippen LogP contribution in [0.15, 0.2) is 24.3 Å². The van der Waals surface area contributed by atoms with E-state index in [9.17, 15) is 4.79 Å². The summed E-state index contributed by atoms with van der Waals surface area (Å²) in [6.45, 7) is 4.05. The number of hydrogen-bond acceptors (Lipinski definition) is 2. The van der Waals surface area contributed by atoms with Crippen LogP contribution in [0.4, 0.5) is 0 Å². The minimum absolute atomic E-state index is 0.231. The Morgan fingerprint density at radius 1 is 1.53 bits per heavy atom. The molecule has 0 radical (unpaired) electrons. The summed E-state index contributed by atoms with van der Waals surface area (Å²) in [5.74, 6) is -0.495. The number of aryl methyl sites for hydroxylation is 1. The third kappa shape index (κ3) is 3.62. The third-order valence-electron chi connectivity index (χ3n) is 2.28. The first-order valence-electron chi connectivity index (χ1n) is 5.05. The molecule has 15 heavy (non-hydrogen) atoms. The van der Waals surface area contributed by atoms with E-state index >= 15 is 0 Å². The van der Waals surface area contributed by atoms with Gasteiger partial charge in [-0.3, -0.25) is 4.79 Å². The van der Waals surface area contributed by atoms with Crippen molar-refractivity contribution < 1.29 is 14.6 Å². The zero-order chi connectivity index (χ0) is 11.3. The van der Waals surface area contributed by atoms with E-state index in [0.717, 1.165) is 11.3 Å². The summed E-state index contributed by atoms with van der Waals surface area (Å²) >= 11 is 0. The van der Waals surface area contributed by atoms with Crippen molar-refractivity contribution in [3.05, 3.63) is 29.8 Å². The molecule has 82 valence electrons. The van der Waals surface area contributed by atoms with E-state index in [1.54, 1.807) is 0 Å². The van der Waals surface area contributed by atoms with Gasteiger partial charge >= 0.3 is 5.97 Å². The highest BCUT2D eigenvalue weighted by atomic mass is 16.5. The lowest BCUT2D eigenvalue weighted by atomic mass is 10.1. The Labute approximate surface area is 89.7 Å². The van der Waals surface area contributed by atoms with Crippen LogP contribution in [0.3, 0.4) is 0 Å². The van der Waals surface area contributed by atoms with Crippen molar-refractivity contribution in [3.8, 4) is 5.75 Å². The largest absolute Gasteiger partial charge is 0.493 e. The van der Waals surface area contributed by atoms with Gasteiger partial charge in [0.15, 0.2) is 0 Å². The third-order valence-corrected chi connectivity index (χ3v) is 2.28. The van der Waals surface area contributed by atoms with E-state index in [1.165, 1.54) is 0 Å². The van der Waals surface area contributed by atoms with Crippen LogP contribution < -0.4 is 4.74 Å². The Morgan fingerprint density at radius 2 is 2.27 bits per heavy atom. The van der Waals surface area contributed by atoms with Gasteiger partial charge in [-0.15, -0.1) is 0 Å². The van der Waals surface area contributed by atoms with Crippen LogP contribution in [0, 0.1) is 12.8 Å². The van der Waals surface area contributed by atoms with Gasteiger partial charge in [-0.05, 0) is 31.0 Å². The molecule has 1 N–H and O–H groups in total. The average molecular weight is 208 g/mol. The molecule has 0 aromatic heterocycles. The molecule has 3 nitrogen and oxygen atoms in total. The van der Waals surface area contributed by atoms with Gasteiger partial charge in [0.05, 0.1) is 5.92 Å². The number of carboxylic acid groups (broad SMARTS) is 1. The van der Waals surface area contributed by atoms with Gasteiger partial charge in [0.25, 0.3) is 0 Å².